The van der Waals surface area contributed by atoms with E-state index in [1.165, 1.54) is 0 Å². The molecule has 0 amide bonds. The molecular weight excluding hydrogens is 306 g/mol. The summed E-state index contributed by atoms with van der Waals surface area (Å²) in [5, 5.41) is 14.0. The Hall–Kier alpha value is -1.92. The zero-order valence-electron chi connectivity index (χ0n) is 14.5. The Morgan fingerprint density at radius 3 is 2.71 bits per heavy atom. The molecule has 3 unspecified atom stereocenters. The summed E-state index contributed by atoms with van der Waals surface area (Å²) in [6.45, 7) is 5.80. The van der Waals surface area contributed by atoms with E-state index in [0.29, 0.717) is 17.6 Å². The van der Waals surface area contributed by atoms with Gasteiger partial charge in [-0.15, -0.1) is 0 Å². The lowest BCUT2D eigenvalue weighted by Crippen LogP contribution is -2.40. The second-order valence-electron chi connectivity index (χ2n) is 6.50. The number of nitrogens with zero attached hydrogens (tertiary/aromatic N) is 3. The number of hydrogen-bond donors (Lipinski definition) is 1. The molecule has 1 aliphatic rings. The summed E-state index contributed by atoms with van der Waals surface area (Å²) in [6.07, 6.45) is 1.87. The number of rotatable bonds is 5. The van der Waals surface area contributed by atoms with Gasteiger partial charge in [0.25, 0.3) is 0 Å². The number of hydrogen-bond acceptors (Lipinski definition) is 6. The first-order valence-electron chi connectivity index (χ1n) is 8.48. The number of aliphatic hydroxyl groups is 1. The molecule has 0 bridgehead atoms. The molecule has 0 aliphatic carbocycles. The molecule has 0 saturated carbocycles. The number of piperidine rings is 1. The minimum absolute atomic E-state index is 0.0473. The molecule has 2 heterocycles. The number of benzene rings is 1. The average molecular weight is 331 g/mol. The third-order valence-corrected chi connectivity index (χ3v) is 4.87. The van der Waals surface area contributed by atoms with Crippen molar-refractivity contribution in [3.8, 4) is 17.1 Å². The third kappa shape index (κ3) is 3.60. The summed E-state index contributed by atoms with van der Waals surface area (Å²) in [7, 11) is 1.64. The van der Waals surface area contributed by atoms with Crippen LogP contribution in [-0.2, 0) is 0 Å². The van der Waals surface area contributed by atoms with Gasteiger partial charge in [-0.05, 0) is 63.4 Å². The fourth-order valence-corrected chi connectivity index (χ4v) is 3.20. The van der Waals surface area contributed by atoms with E-state index in [1.807, 2.05) is 31.2 Å². The quantitative estimate of drug-likeness (QED) is 0.908. The zero-order valence-corrected chi connectivity index (χ0v) is 14.5. The summed E-state index contributed by atoms with van der Waals surface area (Å²) < 4.78 is 10.7. The van der Waals surface area contributed by atoms with Crippen molar-refractivity contribution in [2.45, 2.75) is 38.8 Å². The molecule has 6 nitrogen and oxygen atoms in total. The zero-order chi connectivity index (χ0) is 17.1. The second kappa shape index (κ2) is 7.32. The van der Waals surface area contributed by atoms with E-state index >= 15 is 0 Å². The SMILES string of the molecule is COc1ccc(-c2noc(C(C)N3CCCC(C(C)O)C3)n2)cc1. The van der Waals surface area contributed by atoms with Gasteiger partial charge in [-0.3, -0.25) is 4.90 Å². The minimum Gasteiger partial charge on any atom is -0.497 e. The molecule has 2 aromatic rings. The molecule has 1 aromatic carbocycles. The van der Waals surface area contributed by atoms with Gasteiger partial charge in [-0.2, -0.15) is 4.98 Å². The van der Waals surface area contributed by atoms with Gasteiger partial charge in [-0.25, -0.2) is 0 Å². The van der Waals surface area contributed by atoms with E-state index in [2.05, 4.69) is 22.0 Å². The van der Waals surface area contributed by atoms with Crippen molar-refractivity contribution in [1.82, 2.24) is 15.0 Å². The molecule has 1 N–H and O–H groups in total. The van der Waals surface area contributed by atoms with Gasteiger partial charge in [0.1, 0.15) is 5.75 Å². The Morgan fingerprint density at radius 2 is 2.04 bits per heavy atom. The smallest absolute Gasteiger partial charge is 0.244 e. The topological polar surface area (TPSA) is 71.6 Å². The van der Waals surface area contributed by atoms with Gasteiger partial charge in [-0.1, -0.05) is 5.16 Å². The summed E-state index contributed by atoms with van der Waals surface area (Å²) in [5.41, 5.74) is 0.901. The minimum atomic E-state index is -0.280. The molecular formula is C18H25N3O3. The Balaban J connectivity index is 1.72. The Kier molecular flexibility index (Phi) is 5.16. The number of aliphatic hydroxyl groups excluding tert-OH is 1. The van der Waals surface area contributed by atoms with Gasteiger partial charge >= 0.3 is 0 Å². The molecule has 1 saturated heterocycles. The number of methoxy groups -OCH3 is 1. The van der Waals surface area contributed by atoms with Crippen molar-refractivity contribution in [2.75, 3.05) is 20.2 Å². The van der Waals surface area contributed by atoms with E-state index in [4.69, 9.17) is 9.26 Å². The van der Waals surface area contributed by atoms with Crippen LogP contribution in [0.2, 0.25) is 0 Å². The summed E-state index contributed by atoms with van der Waals surface area (Å²) in [6, 6.07) is 7.65. The molecule has 6 heteroatoms. The Morgan fingerprint density at radius 1 is 1.29 bits per heavy atom. The predicted molar refractivity (Wildman–Crippen MR) is 90.7 cm³/mol. The molecule has 1 aliphatic heterocycles. The van der Waals surface area contributed by atoms with E-state index in [-0.39, 0.29) is 12.1 Å². The average Bonchev–Trinajstić information content (AvgIpc) is 3.11. The van der Waals surface area contributed by atoms with Crippen LogP contribution >= 0.6 is 0 Å². The number of likely N-dealkylation sites (tertiary alicyclic amines) is 1. The maximum Gasteiger partial charge on any atom is 0.244 e. The van der Waals surface area contributed by atoms with Crippen LogP contribution in [0.4, 0.5) is 0 Å². The molecule has 24 heavy (non-hydrogen) atoms. The fraction of sp³-hybridized carbons (Fsp3) is 0.556. The van der Waals surface area contributed by atoms with Crippen molar-refractivity contribution >= 4 is 0 Å². The lowest BCUT2D eigenvalue weighted by atomic mass is 9.92. The standard InChI is InChI=1S/C18H25N3O3/c1-12(21-10-4-5-15(11-21)13(2)22)18-19-17(20-24-18)14-6-8-16(23-3)9-7-14/h6-9,12-13,15,22H,4-5,10-11H2,1-3H3. The van der Waals surface area contributed by atoms with Crippen LogP contribution in [0.5, 0.6) is 5.75 Å². The molecule has 0 spiro atoms. The summed E-state index contributed by atoms with van der Waals surface area (Å²) in [4.78, 5) is 6.87. The van der Waals surface area contributed by atoms with Crippen LogP contribution in [0, 0.1) is 5.92 Å². The lowest BCUT2D eigenvalue weighted by Gasteiger charge is -2.36. The van der Waals surface area contributed by atoms with E-state index < -0.39 is 0 Å². The largest absolute Gasteiger partial charge is 0.497 e. The first-order valence-corrected chi connectivity index (χ1v) is 8.48. The molecule has 0 radical (unpaired) electrons. The van der Waals surface area contributed by atoms with Gasteiger partial charge < -0.3 is 14.4 Å². The van der Waals surface area contributed by atoms with Crippen LogP contribution in [0.25, 0.3) is 11.4 Å². The Bertz CT molecular complexity index is 654. The highest BCUT2D eigenvalue weighted by Crippen LogP contribution is 2.28. The van der Waals surface area contributed by atoms with Gasteiger partial charge in [0.15, 0.2) is 0 Å². The van der Waals surface area contributed by atoms with Gasteiger partial charge in [0.05, 0.1) is 19.3 Å². The molecule has 1 fully saturated rings. The van der Waals surface area contributed by atoms with Gasteiger partial charge in [0, 0.05) is 12.1 Å². The van der Waals surface area contributed by atoms with Crippen molar-refractivity contribution in [2.24, 2.45) is 5.92 Å². The van der Waals surface area contributed by atoms with Crippen molar-refractivity contribution in [1.29, 1.82) is 0 Å². The first-order chi connectivity index (χ1) is 11.6. The van der Waals surface area contributed by atoms with Crippen LogP contribution in [-0.4, -0.2) is 46.5 Å². The van der Waals surface area contributed by atoms with E-state index in [1.54, 1.807) is 7.11 Å². The highest BCUT2D eigenvalue weighted by molar-refractivity contribution is 5.55. The highest BCUT2D eigenvalue weighted by Gasteiger charge is 2.29. The maximum atomic E-state index is 9.85. The fourth-order valence-electron chi connectivity index (χ4n) is 3.20. The van der Waals surface area contributed by atoms with Crippen LogP contribution in [0.3, 0.4) is 0 Å². The van der Waals surface area contributed by atoms with Crippen molar-refractivity contribution in [3.05, 3.63) is 30.2 Å². The van der Waals surface area contributed by atoms with Crippen LogP contribution < -0.4 is 4.74 Å². The van der Waals surface area contributed by atoms with E-state index in [0.717, 1.165) is 37.2 Å². The van der Waals surface area contributed by atoms with Crippen LogP contribution in [0.1, 0.15) is 38.6 Å². The molecule has 1 aromatic heterocycles. The molecule has 130 valence electrons. The summed E-state index contributed by atoms with van der Waals surface area (Å²) >= 11 is 0. The highest BCUT2D eigenvalue weighted by atomic mass is 16.5. The van der Waals surface area contributed by atoms with Gasteiger partial charge in [0.2, 0.25) is 11.7 Å². The summed E-state index contributed by atoms with van der Waals surface area (Å²) in [5.74, 6) is 2.31. The normalized spacial score (nSPS) is 21.4. The number of aromatic nitrogens is 2. The maximum absolute atomic E-state index is 9.85. The van der Waals surface area contributed by atoms with Crippen molar-refractivity contribution in [3.63, 3.8) is 0 Å². The van der Waals surface area contributed by atoms with E-state index in [9.17, 15) is 5.11 Å². The second-order valence-corrected chi connectivity index (χ2v) is 6.50. The number of ether oxygens (including phenoxy) is 1. The lowest BCUT2D eigenvalue weighted by molar-refractivity contribution is 0.0403. The molecule has 3 atom stereocenters. The predicted octanol–water partition coefficient (Wildman–Crippen LogP) is 2.90. The van der Waals surface area contributed by atoms with Crippen LogP contribution in [0.15, 0.2) is 28.8 Å². The first kappa shape index (κ1) is 16.9. The molecule has 3 rings (SSSR count). The van der Waals surface area contributed by atoms with Crippen molar-refractivity contribution < 1.29 is 14.4 Å². The third-order valence-electron chi connectivity index (χ3n) is 4.87. The monoisotopic (exact) mass is 331 g/mol. The Labute approximate surface area is 142 Å².